The Labute approximate surface area is 209 Å². The van der Waals surface area contributed by atoms with Crippen LogP contribution >= 0.6 is 0 Å². The van der Waals surface area contributed by atoms with Crippen molar-refractivity contribution in [2.45, 2.75) is 20.0 Å². The molecule has 0 fully saturated rings. The molecule has 0 spiro atoms. The number of rotatable bonds is 8. The first-order valence-corrected chi connectivity index (χ1v) is 11.0. The number of fused-ring (bicyclic) bond motifs is 1. The summed E-state index contributed by atoms with van der Waals surface area (Å²) in [6.45, 7) is 1.74. The molecule has 4 aromatic rings. The molecular weight excluding hydrogens is 483 g/mol. The predicted molar refractivity (Wildman–Crippen MR) is 128 cm³/mol. The van der Waals surface area contributed by atoms with E-state index in [1.54, 1.807) is 25.1 Å². The average Bonchev–Trinajstić information content (AvgIpc) is 3.32. The quantitative estimate of drug-likeness (QED) is 0.284. The number of carboxylic acid groups (broad SMARTS) is 1. The number of carboxylic acids is 1. The van der Waals surface area contributed by atoms with Crippen LogP contribution in [0.4, 0.5) is 4.39 Å². The van der Waals surface area contributed by atoms with Gasteiger partial charge in [0.2, 0.25) is 0 Å². The number of primary amides is 1. The van der Waals surface area contributed by atoms with E-state index < -0.39 is 23.7 Å². The van der Waals surface area contributed by atoms with Crippen molar-refractivity contribution >= 4 is 29.3 Å². The molecule has 0 aliphatic carbocycles. The minimum atomic E-state index is -1.07. The molecule has 2 aromatic carbocycles. The van der Waals surface area contributed by atoms with E-state index in [4.69, 9.17) is 10.8 Å². The average molecular weight is 504 g/mol. The van der Waals surface area contributed by atoms with Crippen LogP contribution in [0.25, 0.3) is 5.65 Å². The number of carbonyl (C=O) groups excluding carboxylic acids is 3. The van der Waals surface area contributed by atoms with Crippen LogP contribution in [0.1, 0.15) is 58.5 Å². The first-order valence-electron chi connectivity index (χ1n) is 11.0. The van der Waals surface area contributed by atoms with E-state index in [9.17, 15) is 23.6 Å². The number of halogens is 1. The topological polar surface area (TPSA) is 169 Å². The molecule has 0 bridgehead atoms. The normalized spacial score (nSPS) is 10.8. The highest BCUT2D eigenvalue weighted by atomic mass is 19.1. The number of benzene rings is 2. The number of aromatic carboxylic acids is 1. The van der Waals surface area contributed by atoms with Gasteiger partial charge in [-0.1, -0.05) is 24.3 Å². The number of nitrogens with one attached hydrogen (secondary N) is 2. The molecule has 11 nitrogen and oxygen atoms in total. The van der Waals surface area contributed by atoms with E-state index in [-0.39, 0.29) is 47.2 Å². The Morgan fingerprint density at radius 3 is 2.27 bits per heavy atom. The van der Waals surface area contributed by atoms with Crippen LogP contribution in [0, 0.1) is 12.7 Å². The van der Waals surface area contributed by atoms with Gasteiger partial charge in [-0.15, -0.1) is 0 Å². The third-order valence-electron chi connectivity index (χ3n) is 5.53. The van der Waals surface area contributed by atoms with Crippen LogP contribution in [0.15, 0.2) is 54.9 Å². The molecule has 0 unspecified atom stereocenters. The van der Waals surface area contributed by atoms with Gasteiger partial charge in [0.15, 0.2) is 11.3 Å². The molecule has 37 heavy (non-hydrogen) atoms. The van der Waals surface area contributed by atoms with Gasteiger partial charge in [-0.2, -0.15) is 0 Å². The number of hydrogen-bond acceptors (Lipinski definition) is 6. The van der Waals surface area contributed by atoms with Gasteiger partial charge < -0.3 is 21.5 Å². The van der Waals surface area contributed by atoms with Crippen molar-refractivity contribution in [3.63, 3.8) is 0 Å². The molecule has 2 heterocycles. The summed E-state index contributed by atoms with van der Waals surface area (Å²) in [4.78, 5) is 56.9. The van der Waals surface area contributed by atoms with Crippen molar-refractivity contribution < 1.29 is 28.7 Å². The Balaban J connectivity index is 1.59. The minimum absolute atomic E-state index is 0.0280. The van der Waals surface area contributed by atoms with Crippen LogP contribution < -0.4 is 16.4 Å². The van der Waals surface area contributed by atoms with E-state index in [1.165, 1.54) is 41.1 Å². The van der Waals surface area contributed by atoms with Gasteiger partial charge in [-0.05, 0) is 47.9 Å². The summed E-state index contributed by atoms with van der Waals surface area (Å²) in [6.07, 6.45) is 1.20. The summed E-state index contributed by atoms with van der Waals surface area (Å²) < 4.78 is 14.8. The second kappa shape index (κ2) is 10.2. The lowest BCUT2D eigenvalue weighted by Crippen LogP contribution is -2.28. The van der Waals surface area contributed by atoms with Crippen molar-refractivity contribution in [3.8, 4) is 0 Å². The third-order valence-corrected chi connectivity index (χ3v) is 5.53. The lowest BCUT2D eigenvalue weighted by Gasteiger charge is -2.11. The summed E-state index contributed by atoms with van der Waals surface area (Å²) >= 11 is 0. The smallest absolute Gasteiger partial charge is 0.335 e. The van der Waals surface area contributed by atoms with Gasteiger partial charge >= 0.3 is 5.97 Å². The van der Waals surface area contributed by atoms with Crippen LogP contribution in [0.2, 0.25) is 0 Å². The SMILES string of the molecule is Cc1cc(CNC(=O)c2cc(C(=O)NCc3ccc(C(=O)O)cc3)nc3c(C(N)=O)ncn23)ccc1F. The second-order valence-electron chi connectivity index (χ2n) is 8.13. The molecular formula is C25H21FN6O5. The molecule has 0 saturated heterocycles. The molecule has 0 aliphatic rings. The van der Waals surface area contributed by atoms with E-state index in [0.29, 0.717) is 16.7 Å². The van der Waals surface area contributed by atoms with Crippen molar-refractivity contribution in [2.24, 2.45) is 5.73 Å². The number of aryl methyl sites for hydroxylation is 1. The molecule has 0 atom stereocenters. The third kappa shape index (κ3) is 5.42. The van der Waals surface area contributed by atoms with Crippen molar-refractivity contribution in [2.75, 3.05) is 0 Å². The highest BCUT2D eigenvalue weighted by Crippen LogP contribution is 2.14. The van der Waals surface area contributed by atoms with E-state index in [0.717, 1.165) is 0 Å². The number of carbonyl (C=O) groups is 4. The predicted octanol–water partition coefficient (Wildman–Crippen LogP) is 1.83. The lowest BCUT2D eigenvalue weighted by molar-refractivity contribution is 0.0696. The maximum Gasteiger partial charge on any atom is 0.335 e. The maximum absolute atomic E-state index is 13.5. The zero-order chi connectivity index (χ0) is 26.7. The first-order chi connectivity index (χ1) is 17.6. The molecule has 2 aromatic heterocycles. The molecule has 0 radical (unpaired) electrons. The Bertz CT molecular complexity index is 1550. The van der Waals surface area contributed by atoms with Gasteiger partial charge in [0.05, 0.1) is 5.56 Å². The molecule has 5 N–H and O–H groups in total. The highest BCUT2D eigenvalue weighted by molar-refractivity contribution is 6.01. The highest BCUT2D eigenvalue weighted by Gasteiger charge is 2.21. The fraction of sp³-hybridized carbons (Fsp3) is 0.120. The maximum atomic E-state index is 13.5. The first kappa shape index (κ1) is 25.0. The fourth-order valence-corrected chi connectivity index (χ4v) is 3.56. The van der Waals surface area contributed by atoms with Gasteiger partial charge in [-0.3, -0.25) is 18.8 Å². The minimum Gasteiger partial charge on any atom is -0.478 e. The Kier molecular flexibility index (Phi) is 6.91. The summed E-state index contributed by atoms with van der Waals surface area (Å²) in [6, 6.07) is 11.6. The fourth-order valence-electron chi connectivity index (χ4n) is 3.56. The largest absolute Gasteiger partial charge is 0.478 e. The zero-order valence-corrected chi connectivity index (χ0v) is 19.5. The number of nitrogens with zero attached hydrogens (tertiary/aromatic N) is 3. The summed E-state index contributed by atoms with van der Waals surface area (Å²) in [5.74, 6) is -3.57. The molecule has 0 saturated carbocycles. The molecule has 188 valence electrons. The van der Waals surface area contributed by atoms with Gasteiger partial charge in [0.1, 0.15) is 23.5 Å². The lowest BCUT2D eigenvalue weighted by atomic mass is 10.1. The standard InChI is InChI=1S/C25H21FN6O5/c1-13-8-15(4-7-17(13)26)11-29-24(35)19-9-18(31-22-20(21(27)33)30-12-32(19)22)23(34)28-10-14-2-5-16(6-3-14)25(36)37/h2-9,12H,10-11H2,1H3,(H2,27,33)(H,28,34)(H,29,35)(H,36,37). The Hall–Kier alpha value is -5.13. The number of imidazole rings is 1. The van der Waals surface area contributed by atoms with Gasteiger partial charge in [-0.25, -0.2) is 19.2 Å². The molecule has 3 amide bonds. The molecule has 0 aliphatic heterocycles. The Morgan fingerprint density at radius 2 is 1.62 bits per heavy atom. The Morgan fingerprint density at radius 1 is 0.973 bits per heavy atom. The van der Waals surface area contributed by atoms with Crippen molar-refractivity contribution in [1.82, 2.24) is 25.0 Å². The van der Waals surface area contributed by atoms with Crippen LogP contribution in [0.3, 0.4) is 0 Å². The van der Waals surface area contributed by atoms with Crippen LogP contribution in [-0.2, 0) is 13.1 Å². The van der Waals surface area contributed by atoms with Crippen LogP contribution in [-0.4, -0.2) is 43.2 Å². The summed E-state index contributed by atoms with van der Waals surface area (Å²) in [5.41, 5.74) is 6.71. The summed E-state index contributed by atoms with van der Waals surface area (Å²) in [7, 11) is 0. The van der Waals surface area contributed by atoms with Crippen LogP contribution in [0.5, 0.6) is 0 Å². The van der Waals surface area contributed by atoms with Crippen molar-refractivity contribution in [1.29, 1.82) is 0 Å². The molecule has 12 heteroatoms. The van der Waals surface area contributed by atoms with Crippen molar-refractivity contribution in [3.05, 3.63) is 100 Å². The molecule has 4 rings (SSSR count). The summed E-state index contributed by atoms with van der Waals surface area (Å²) in [5, 5.41) is 14.3. The van der Waals surface area contributed by atoms with E-state index >= 15 is 0 Å². The van der Waals surface area contributed by atoms with Gasteiger partial charge in [0, 0.05) is 13.1 Å². The zero-order valence-electron chi connectivity index (χ0n) is 19.5. The van der Waals surface area contributed by atoms with E-state index in [1.807, 2.05) is 0 Å². The number of hydrogen-bond donors (Lipinski definition) is 4. The number of nitrogens with two attached hydrogens (primary N) is 1. The number of aromatic nitrogens is 3. The monoisotopic (exact) mass is 504 g/mol. The van der Waals surface area contributed by atoms with Gasteiger partial charge in [0.25, 0.3) is 17.7 Å². The number of amides is 3. The second-order valence-corrected chi connectivity index (χ2v) is 8.13. The van der Waals surface area contributed by atoms with E-state index in [2.05, 4.69) is 20.6 Å².